The monoisotopic (exact) mass is 647 g/mol. The number of aromatic nitrogens is 3. The fourth-order valence-electron chi connectivity index (χ4n) is 8.75. The van der Waals surface area contributed by atoms with E-state index in [1.807, 2.05) is 6.92 Å². The number of aliphatic hydroxyl groups is 1. The molecule has 0 radical (unpaired) electrons. The second-order valence-corrected chi connectivity index (χ2v) is 14.1. The molecule has 2 N–H and O–H groups in total. The van der Waals surface area contributed by atoms with E-state index >= 15 is 4.39 Å². The van der Waals surface area contributed by atoms with Crippen molar-refractivity contribution in [1.29, 1.82) is 0 Å². The molecule has 1 aliphatic carbocycles. The summed E-state index contributed by atoms with van der Waals surface area (Å²) in [5.41, 5.74) is -0.528. The number of halogens is 3. The van der Waals surface area contributed by atoms with Crippen molar-refractivity contribution in [3.8, 4) is 23.0 Å². The van der Waals surface area contributed by atoms with Crippen molar-refractivity contribution in [2.75, 3.05) is 37.7 Å². The van der Waals surface area contributed by atoms with Crippen LogP contribution in [0.3, 0.4) is 0 Å². The molecule has 3 aliphatic heterocycles. The van der Waals surface area contributed by atoms with Crippen molar-refractivity contribution in [3.63, 3.8) is 0 Å². The van der Waals surface area contributed by atoms with Gasteiger partial charge in [-0.2, -0.15) is 9.97 Å². The van der Waals surface area contributed by atoms with Crippen LogP contribution in [-0.4, -0.2) is 80.2 Å². The molecule has 2 aromatic heterocycles. The predicted octanol–water partition coefficient (Wildman–Crippen LogP) is 6.48. The average Bonchev–Trinajstić information content (AvgIpc) is 3.58. The summed E-state index contributed by atoms with van der Waals surface area (Å²) in [5, 5.41) is 23.3. The Labute approximate surface area is 271 Å². The van der Waals surface area contributed by atoms with Crippen molar-refractivity contribution < 1.29 is 28.1 Å². The minimum absolute atomic E-state index is 0.000918. The molecule has 3 saturated heterocycles. The van der Waals surface area contributed by atoms with Gasteiger partial charge in [-0.05, 0) is 92.4 Å². The molecule has 2 aromatic carbocycles. The first kappa shape index (κ1) is 30.6. The zero-order chi connectivity index (χ0) is 32.5. The summed E-state index contributed by atoms with van der Waals surface area (Å²) in [4.78, 5) is 18.2. The number of fused-ring (bicyclic) bond motifs is 3. The second-order valence-electron chi connectivity index (χ2n) is 14.1. The van der Waals surface area contributed by atoms with Gasteiger partial charge in [0.1, 0.15) is 41.4 Å². The smallest absolute Gasteiger partial charge is 0.319 e. The lowest BCUT2D eigenvalue weighted by Gasteiger charge is -2.47. The van der Waals surface area contributed by atoms with Crippen molar-refractivity contribution in [1.82, 2.24) is 19.9 Å². The SMILES string of the molecule is CCc1c(F)ccc2cc(O)cc(-c3ncc4c(N5CCCC(C6(O)CCC6)C5)nc(OC[C@@]56CCCN5C[C@H](F)C6)nc4c3F)c12. The lowest BCUT2D eigenvalue weighted by atomic mass is 9.68. The number of piperidine rings is 1. The number of anilines is 1. The maximum Gasteiger partial charge on any atom is 0.319 e. The van der Waals surface area contributed by atoms with Crippen LogP contribution in [0, 0.1) is 17.6 Å². The van der Waals surface area contributed by atoms with Gasteiger partial charge in [-0.1, -0.05) is 13.0 Å². The van der Waals surface area contributed by atoms with E-state index in [1.165, 1.54) is 24.4 Å². The number of ether oxygens (including phenoxy) is 1. The predicted molar refractivity (Wildman–Crippen MR) is 174 cm³/mol. The third-order valence-corrected chi connectivity index (χ3v) is 11.3. The van der Waals surface area contributed by atoms with Gasteiger partial charge >= 0.3 is 6.01 Å². The van der Waals surface area contributed by atoms with Crippen LogP contribution >= 0.6 is 0 Å². The highest BCUT2D eigenvalue weighted by Crippen LogP contribution is 2.45. The zero-order valence-corrected chi connectivity index (χ0v) is 26.6. The summed E-state index contributed by atoms with van der Waals surface area (Å²) >= 11 is 0. The number of alkyl halides is 1. The Bertz CT molecular complexity index is 1870. The number of hydrogen-bond donors (Lipinski definition) is 2. The molecule has 0 bridgehead atoms. The first-order valence-corrected chi connectivity index (χ1v) is 17.0. The molecule has 4 fully saturated rings. The number of benzene rings is 2. The highest BCUT2D eigenvalue weighted by Gasteiger charge is 2.49. The molecule has 47 heavy (non-hydrogen) atoms. The molecule has 0 amide bonds. The standard InChI is InChI=1S/C36H40F3N5O3/c1-2-25-28(38)8-7-21-14-24(45)15-26(29(21)25)31-30(39)32-27(17-40-31)33(43-12-3-6-22(18-43)36(46)10-4-11-36)42-34(41-32)47-20-35-9-5-13-44(35)19-23(37)16-35/h7-8,14-15,17,22-23,45-46H,2-6,9-13,16,18-20H2,1H3/t22?,23-,35+/m1/s1. The topological polar surface area (TPSA) is 94.8 Å². The van der Waals surface area contributed by atoms with E-state index in [-0.39, 0.29) is 41.1 Å². The van der Waals surface area contributed by atoms with Gasteiger partial charge < -0.3 is 19.8 Å². The van der Waals surface area contributed by atoms with Crippen LogP contribution in [0.25, 0.3) is 32.9 Å². The molecule has 4 aliphatic rings. The first-order valence-electron chi connectivity index (χ1n) is 17.0. The quantitative estimate of drug-likeness (QED) is 0.236. The highest BCUT2D eigenvalue weighted by molar-refractivity contribution is 6.01. The van der Waals surface area contributed by atoms with Crippen LogP contribution in [0.2, 0.25) is 0 Å². The van der Waals surface area contributed by atoms with E-state index in [2.05, 4.69) is 19.8 Å². The third kappa shape index (κ3) is 5.08. The summed E-state index contributed by atoms with van der Waals surface area (Å²) in [6.07, 6.45) is 7.43. The molecular formula is C36H40F3N5O3. The van der Waals surface area contributed by atoms with Crippen molar-refractivity contribution in [2.24, 2.45) is 5.92 Å². The number of phenols is 1. The summed E-state index contributed by atoms with van der Waals surface area (Å²) in [6, 6.07) is 5.86. The number of rotatable bonds is 7. The molecule has 11 heteroatoms. The Morgan fingerprint density at radius 2 is 1.89 bits per heavy atom. The summed E-state index contributed by atoms with van der Waals surface area (Å²) in [5.74, 6) is -0.698. The van der Waals surface area contributed by atoms with Crippen LogP contribution in [-0.2, 0) is 6.42 Å². The molecule has 8 nitrogen and oxygen atoms in total. The molecule has 1 saturated carbocycles. The maximum atomic E-state index is 16.9. The van der Waals surface area contributed by atoms with Crippen LogP contribution in [0.5, 0.6) is 11.8 Å². The fraction of sp³-hybridized carbons (Fsp3) is 0.528. The van der Waals surface area contributed by atoms with E-state index in [1.54, 1.807) is 6.07 Å². The maximum absolute atomic E-state index is 16.9. The van der Waals surface area contributed by atoms with E-state index in [0.717, 1.165) is 51.5 Å². The molecule has 4 aromatic rings. The van der Waals surface area contributed by atoms with Crippen LogP contribution < -0.4 is 9.64 Å². The summed E-state index contributed by atoms with van der Waals surface area (Å²) in [7, 11) is 0. The highest BCUT2D eigenvalue weighted by atomic mass is 19.1. The van der Waals surface area contributed by atoms with E-state index in [9.17, 15) is 19.0 Å². The molecule has 3 atom stereocenters. The Balaban J connectivity index is 1.26. The van der Waals surface area contributed by atoms with Crippen molar-refractivity contribution in [2.45, 2.75) is 82.0 Å². The average molecular weight is 648 g/mol. The molecule has 0 spiro atoms. The van der Waals surface area contributed by atoms with Crippen LogP contribution in [0.4, 0.5) is 19.0 Å². The molecular weight excluding hydrogens is 607 g/mol. The summed E-state index contributed by atoms with van der Waals surface area (Å²) in [6.45, 7) is 4.44. The van der Waals surface area contributed by atoms with Crippen LogP contribution in [0.15, 0.2) is 30.5 Å². The Morgan fingerprint density at radius 1 is 1.04 bits per heavy atom. The molecule has 5 heterocycles. The number of nitrogens with zero attached hydrogens (tertiary/aromatic N) is 5. The van der Waals surface area contributed by atoms with Gasteiger partial charge in [-0.15, -0.1) is 0 Å². The zero-order valence-electron chi connectivity index (χ0n) is 26.6. The van der Waals surface area contributed by atoms with E-state index in [0.29, 0.717) is 60.0 Å². The lowest BCUT2D eigenvalue weighted by Crippen LogP contribution is -2.52. The molecule has 248 valence electrons. The Kier molecular flexibility index (Phi) is 7.48. The minimum Gasteiger partial charge on any atom is -0.508 e. The van der Waals surface area contributed by atoms with E-state index < -0.39 is 28.9 Å². The summed E-state index contributed by atoms with van der Waals surface area (Å²) < 4.78 is 52.7. The normalized spacial score (nSPS) is 25.8. The number of aromatic hydroxyl groups is 1. The largest absolute Gasteiger partial charge is 0.508 e. The van der Waals surface area contributed by atoms with E-state index in [4.69, 9.17) is 9.72 Å². The van der Waals surface area contributed by atoms with Gasteiger partial charge in [0.25, 0.3) is 0 Å². The van der Waals surface area contributed by atoms with Crippen molar-refractivity contribution >= 4 is 27.5 Å². The van der Waals surface area contributed by atoms with Gasteiger partial charge in [0, 0.05) is 43.7 Å². The second kappa shape index (κ2) is 11.5. The third-order valence-electron chi connectivity index (χ3n) is 11.3. The van der Waals surface area contributed by atoms with Gasteiger partial charge in [-0.25, -0.2) is 13.2 Å². The number of pyridine rings is 1. The number of phenolic OH excluding ortho intramolecular Hbond substituents is 1. The Hall–Kier alpha value is -3.70. The number of aryl methyl sites for hydroxylation is 1. The van der Waals surface area contributed by atoms with Gasteiger partial charge in [0.05, 0.1) is 16.5 Å². The minimum atomic E-state index is -0.921. The Morgan fingerprint density at radius 3 is 2.68 bits per heavy atom. The lowest BCUT2D eigenvalue weighted by molar-refractivity contribution is -0.0866. The first-order chi connectivity index (χ1) is 22.7. The van der Waals surface area contributed by atoms with Crippen molar-refractivity contribution in [3.05, 3.63) is 47.7 Å². The molecule has 8 rings (SSSR count). The van der Waals surface area contributed by atoms with Gasteiger partial charge in [0.2, 0.25) is 0 Å². The van der Waals surface area contributed by atoms with Gasteiger partial charge in [-0.3, -0.25) is 9.88 Å². The number of hydrogen-bond acceptors (Lipinski definition) is 8. The molecule has 1 unspecified atom stereocenters. The van der Waals surface area contributed by atoms with Crippen LogP contribution in [0.1, 0.15) is 63.9 Å². The fourth-order valence-corrected chi connectivity index (χ4v) is 8.75. The van der Waals surface area contributed by atoms with Gasteiger partial charge in [0.15, 0.2) is 5.82 Å².